The number of fused-ring (bicyclic) bond motifs is 7. The SMILES string of the molecule is CCOP(CC(=O)OC[C@@]12CC[C@@]3(C(=O)O)CCC(C)(C)CC3C1=CC[C@@H]1[C@@]3(C)CCC4(OCCO4)C(C)(C)C3CC[C@]12C)OCC. The maximum absolute atomic E-state index is 13.6. The van der Waals surface area contributed by atoms with Gasteiger partial charge in [0.2, 0.25) is 0 Å². The molecule has 5 aliphatic carbocycles. The zero-order valence-corrected chi connectivity index (χ0v) is 31.3. The Balaban J connectivity index is 1.40. The Bertz CT molecular complexity index is 1250. The molecule has 1 saturated heterocycles. The molecule has 266 valence electrons. The average molecular weight is 677 g/mol. The molecule has 4 saturated carbocycles. The van der Waals surface area contributed by atoms with Crippen molar-refractivity contribution >= 4 is 20.3 Å². The molecule has 1 N–H and O–H groups in total. The van der Waals surface area contributed by atoms with Gasteiger partial charge in [0.1, 0.15) is 12.8 Å². The first-order valence-corrected chi connectivity index (χ1v) is 19.8. The van der Waals surface area contributed by atoms with Crippen LogP contribution in [0.2, 0.25) is 0 Å². The largest absolute Gasteiger partial charge is 0.481 e. The number of esters is 1. The zero-order chi connectivity index (χ0) is 34.1. The summed E-state index contributed by atoms with van der Waals surface area (Å²) in [7, 11) is -1.35. The van der Waals surface area contributed by atoms with Crippen LogP contribution in [0, 0.1) is 50.2 Å². The van der Waals surface area contributed by atoms with E-state index >= 15 is 0 Å². The molecule has 0 aromatic carbocycles. The third-order valence-electron chi connectivity index (χ3n) is 14.9. The van der Waals surface area contributed by atoms with Crippen LogP contribution in [0.4, 0.5) is 0 Å². The van der Waals surface area contributed by atoms with E-state index in [1.807, 2.05) is 13.8 Å². The molecule has 0 aromatic rings. The van der Waals surface area contributed by atoms with Crippen molar-refractivity contribution in [1.82, 2.24) is 0 Å². The van der Waals surface area contributed by atoms with Gasteiger partial charge in [0.15, 0.2) is 14.2 Å². The Hall–Kier alpha value is -1.05. The van der Waals surface area contributed by atoms with E-state index in [1.54, 1.807) is 0 Å². The van der Waals surface area contributed by atoms with Crippen molar-refractivity contribution in [2.75, 3.05) is 39.2 Å². The first-order chi connectivity index (χ1) is 22.1. The number of carbonyl (C=O) groups excluding carboxylic acids is 1. The normalized spacial score (nSPS) is 41.3. The maximum Gasteiger partial charge on any atom is 0.314 e. The molecule has 0 aromatic heterocycles. The molecule has 9 heteroatoms. The summed E-state index contributed by atoms with van der Waals surface area (Å²) in [5.41, 5.74) is -0.101. The minimum Gasteiger partial charge on any atom is -0.481 e. The van der Waals surface area contributed by atoms with Crippen LogP contribution in [0.25, 0.3) is 0 Å². The van der Waals surface area contributed by atoms with Gasteiger partial charge in [0.05, 0.1) is 31.8 Å². The second kappa shape index (κ2) is 12.3. The topological polar surface area (TPSA) is 101 Å². The lowest BCUT2D eigenvalue weighted by molar-refractivity contribution is -0.308. The Morgan fingerprint density at radius 3 is 2.19 bits per heavy atom. The quantitative estimate of drug-likeness (QED) is 0.147. The van der Waals surface area contributed by atoms with Gasteiger partial charge in [-0.15, -0.1) is 0 Å². The molecule has 6 rings (SSSR count). The van der Waals surface area contributed by atoms with Crippen molar-refractivity contribution in [2.45, 2.75) is 125 Å². The molecule has 1 spiro atoms. The van der Waals surface area contributed by atoms with Crippen LogP contribution in [-0.4, -0.2) is 62.0 Å². The second-order valence-corrected chi connectivity index (χ2v) is 19.1. The lowest BCUT2D eigenvalue weighted by Crippen LogP contribution is -2.68. The van der Waals surface area contributed by atoms with E-state index in [0.29, 0.717) is 57.7 Å². The second-order valence-electron chi connectivity index (χ2n) is 17.6. The molecule has 5 fully saturated rings. The van der Waals surface area contributed by atoms with E-state index in [2.05, 4.69) is 47.6 Å². The van der Waals surface area contributed by atoms with Gasteiger partial charge in [-0.3, -0.25) is 9.59 Å². The van der Waals surface area contributed by atoms with E-state index in [1.165, 1.54) is 5.57 Å². The van der Waals surface area contributed by atoms with Crippen LogP contribution in [0.5, 0.6) is 0 Å². The van der Waals surface area contributed by atoms with E-state index in [-0.39, 0.29) is 39.7 Å². The third kappa shape index (κ3) is 5.31. The smallest absolute Gasteiger partial charge is 0.314 e. The number of hydrogen-bond acceptors (Lipinski definition) is 7. The molecule has 0 amide bonds. The van der Waals surface area contributed by atoms with Gasteiger partial charge in [0, 0.05) is 17.3 Å². The molecule has 1 aliphatic heterocycles. The number of ether oxygens (including phenoxy) is 3. The Morgan fingerprint density at radius 1 is 0.894 bits per heavy atom. The lowest BCUT2D eigenvalue weighted by atomic mass is 9.33. The molecule has 2 unspecified atom stereocenters. The first kappa shape index (κ1) is 35.8. The van der Waals surface area contributed by atoms with Gasteiger partial charge in [-0.05, 0) is 106 Å². The number of hydrogen-bond donors (Lipinski definition) is 1. The molecular weight excluding hydrogens is 615 g/mol. The Labute approximate surface area is 284 Å². The summed E-state index contributed by atoms with van der Waals surface area (Å²) in [6, 6.07) is 0. The average Bonchev–Trinajstić information content (AvgIpc) is 3.49. The summed E-state index contributed by atoms with van der Waals surface area (Å²) in [5, 5.41) is 10.9. The van der Waals surface area contributed by atoms with Gasteiger partial charge in [-0.1, -0.05) is 53.2 Å². The number of rotatable bonds is 9. The lowest BCUT2D eigenvalue weighted by Gasteiger charge is -2.72. The first-order valence-electron chi connectivity index (χ1n) is 18.5. The van der Waals surface area contributed by atoms with Crippen molar-refractivity contribution in [3.63, 3.8) is 0 Å². The van der Waals surface area contributed by atoms with Crippen molar-refractivity contribution in [3.8, 4) is 0 Å². The molecule has 7 atom stereocenters. The van der Waals surface area contributed by atoms with Gasteiger partial charge >= 0.3 is 11.9 Å². The monoisotopic (exact) mass is 676 g/mol. The van der Waals surface area contributed by atoms with Crippen LogP contribution in [0.1, 0.15) is 120 Å². The number of allylic oxidation sites excluding steroid dienone is 1. The molecule has 0 bridgehead atoms. The molecular formula is C38H61O8P. The van der Waals surface area contributed by atoms with Crippen molar-refractivity contribution in [1.29, 1.82) is 0 Å². The molecule has 6 aliphatic rings. The van der Waals surface area contributed by atoms with Crippen LogP contribution >= 0.6 is 8.38 Å². The van der Waals surface area contributed by atoms with Crippen molar-refractivity contribution in [2.24, 2.45) is 50.2 Å². The van der Waals surface area contributed by atoms with Crippen LogP contribution in [0.15, 0.2) is 11.6 Å². The third-order valence-corrected chi connectivity index (χ3v) is 16.5. The zero-order valence-electron chi connectivity index (χ0n) is 30.4. The fraction of sp³-hybridized carbons (Fsp3) is 0.895. The maximum atomic E-state index is 13.6. The highest BCUT2D eigenvalue weighted by Crippen LogP contribution is 2.77. The minimum atomic E-state index is -1.35. The Morgan fingerprint density at radius 2 is 1.55 bits per heavy atom. The number of carbonyl (C=O) groups is 2. The summed E-state index contributed by atoms with van der Waals surface area (Å²) in [6.07, 6.45) is 11.3. The highest BCUT2D eigenvalue weighted by atomic mass is 31.2. The van der Waals surface area contributed by atoms with E-state index in [0.717, 1.165) is 51.4 Å². The van der Waals surface area contributed by atoms with Crippen LogP contribution < -0.4 is 0 Å². The fourth-order valence-electron chi connectivity index (χ4n) is 12.4. The Kier molecular flexibility index (Phi) is 9.37. The molecule has 8 nitrogen and oxygen atoms in total. The van der Waals surface area contributed by atoms with E-state index in [9.17, 15) is 14.7 Å². The van der Waals surface area contributed by atoms with Gasteiger partial charge in [0.25, 0.3) is 0 Å². The minimum absolute atomic E-state index is 0.0432. The predicted octanol–water partition coefficient (Wildman–Crippen LogP) is 8.52. The summed E-state index contributed by atoms with van der Waals surface area (Å²) in [6.45, 7) is 20.7. The van der Waals surface area contributed by atoms with Crippen LogP contribution in [0.3, 0.4) is 0 Å². The molecule has 0 radical (unpaired) electrons. The van der Waals surface area contributed by atoms with E-state index < -0.39 is 31.0 Å². The van der Waals surface area contributed by atoms with E-state index in [4.69, 9.17) is 23.3 Å². The van der Waals surface area contributed by atoms with Crippen LogP contribution in [-0.2, 0) is 32.8 Å². The molecule has 1 heterocycles. The number of carboxylic acids is 1. The van der Waals surface area contributed by atoms with Crippen molar-refractivity contribution in [3.05, 3.63) is 11.6 Å². The molecule has 47 heavy (non-hydrogen) atoms. The highest BCUT2D eigenvalue weighted by Gasteiger charge is 2.73. The van der Waals surface area contributed by atoms with Gasteiger partial charge in [-0.25, -0.2) is 0 Å². The highest BCUT2D eigenvalue weighted by molar-refractivity contribution is 7.48. The fourth-order valence-corrected chi connectivity index (χ4v) is 13.5. The number of carboxylic acid groups (broad SMARTS) is 1. The van der Waals surface area contributed by atoms with Gasteiger partial charge < -0.3 is 28.4 Å². The summed E-state index contributed by atoms with van der Waals surface area (Å²) in [4.78, 5) is 26.8. The summed E-state index contributed by atoms with van der Waals surface area (Å²) >= 11 is 0. The number of aliphatic carboxylic acids is 1. The summed E-state index contributed by atoms with van der Waals surface area (Å²) < 4.78 is 30.8. The van der Waals surface area contributed by atoms with Gasteiger partial charge in [-0.2, -0.15) is 0 Å². The van der Waals surface area contributed by atoms with Crippen molar-refractivity contribution < 1.29 is 38.0 Å². The summed E-state index contributed by atoms with van der Waals surface area (Å²) in [5.74, 6) is -0.727. The standard InChI is InChI=1S/C38H61O8P/c1-9-45-47(46-10-2)24-30(39)42-25-37-19-18-36(31(40)41)17-15-32(3,4)23-27(36)26(37)11-12-29-34(7)16-20-38(43-21-22-44-38)33(5,6)28(34)13-14-35(29,37)8/h11,27-29H,9-10,12-25H2,1-8H3,(H,40,41)/t27?,28?,29-,34+,35-,36+,37+/m1/s1. The predicted molar refractivity (Wildman–Crippen MR) is 182 cm³/mol.